The fraction of sp³-hybridized carbons (Fsp3) is 0.158. The van der Waals surface area contributed by atoms with Crippen LogP contribution >= 0.6 is 11.6 Å². The lowest BCUT2D eigenvalue weighted by atomic mass is 10.1. The number of aromatic nitrogens is 2. The fourth-order valence-corrected chi connectivity index (χ4v) is 3.78. The highest BCUT2D eigenvalue weighted by molar-refractivity contribution is 7.91. The Hall–Kier alpha value is -2.84. The molecule has 0 aliphatic rings. The van der Waals surface area contributed by atoms with E-state index in [2.05, 4.69) is 14.9 Å². The van der Waals surface area contributed by atoms with Crippen molar-refractivity contribution in [3.05, 3.63) is 53.6 Å². The molecule has 0 amide bonds. The molecule has 2 aromatic carbocycles. The molecule has 0 aliphatic carbocycles. The van der Waals surface area contributed by atoms with Gasteiger partial charge in [0.1, 0.15) is 5.75 Å². The van der Waals surface area contributed by atoms with Crippen LogP contribution in [0.1, 0.15) is 6.92 Å². The number of methoxy groups -OCH3 is 1. The lowest BCUT2D eigenvalue weighted by molar-refractivity contribution is -0.138. The summed E-state index contributed by atoms with van der Waals surface area (Å²) in [6.45, 7) is 1.16. The second kappa shape index (κ2) is 8.04. The smallest absolute Gasteiger partial charge is 0.303 e. The number of halogens is 1. The van der Waals surface area contributed by atoms with E-state index in [0.717, 1.165) is 18.1 Å². The van der Waals surface area contributed by atoms with Gasteiger partial charge in [-0.3, -0.25) is 9.89 Å². The molecule has 0 radical (unpaired) electrons. The van der Waals surface area contributed by atoms with Crippen molar-refractivity contribution in [3.63, 3.8) is 0 Å². The van der Waals surface area contributed by atoms with E-state index < -0.39 is 21.7 Å². The van der Waals surface area contributed by atoms with E-state index in [1.54, 1.807) is 31.4 Å². The van der Waals surface area contributed by atoms with Crippen LogP contribution in [-0.4, -0.2) is 37.6 Å². The van der Waals surface area contributed by atoms with Crippen LogP contribution in [0.4, 0.5) is 0 Å². The lowest BCUT2D eigenvalue weighted by Crippen LogP contribution is -2.12. The molecule has 1 heterocycles. The molecule has 0 bridgehead atoms. The number of H-pyrrole nitrogens is 1. The Kier molecular flexibility index (Phi) is 5.71. The number of carbonyl (C=O) groups excluding carboxylic acids is 1. The maximum absolute atomic E-state index is 12.1. The highest BCUT2D eigenvalue weighted by atomic mass is 35.5. The summed E-state index contributed by atoms with van der Waals surface area (Å²) in [5, 5.41) is 7.68. The molecule has 0 fully saturated rings. The molecule has 3 aromatic rings. The normalized spacial score (nSPS) is 11.2. The topological polar surface area (TPSA) is 98.4 Å². The number of aromatic amines is 1. The fourth-order valence-electron chi connectivity index (χ4n) is 2.51. The third-order valence-electron chi connectivity index (χ3n) is 3.97. The number of hydrogen-bond donors (Lipinski definition) is 1. The predicted octanol–water partition coefficient (Wildman–Crippen LogP) is 3.70. The van der Waals surface area contributed by atoms with Crippen molar-refractivity contribution in [2.24, 2.45) is 0 Å². The second-order valence-corrected chi connectivity index (χ2v) is 8.25. The minimum absolute atomic E-state index is 0.0687. The van der Waals surface area contributed by atoms with Gasteiger partial charge in [0, 0.05) is 12.5 Å². The number of carbonyl (C=O) groups is 1. The van der Waals surface area contributed by atoms with E-state index >= 15 is 0 Å². The number of nitrogens with zero attached hydrogens (tertiary/aromatic N) is 1. The number of esters is 1. The Bertz CT molecular complexity index is 1110. The first kappa shape index (κ1) is 19.9. The molecular formula is C19H17ClN2O5S. The molecule has 0 unspecified atom stereocenters. The molecule has 9 heteroatoms. The van der Waals surface area contributed by atoms with E-state index in [1.807, 2.05) is 12.1 Å². The van der Waals surface area contributed by atoms with Crippen LogP contribution in [0.15, 0.2) is 53.4 Å². The molecule has 28 heavy (non-hydrogen) atoms. The van der Waals surface area contributed by atoms with Crippen LogP contribution in [0.25, 0.3) is 22.5 Å². The van der Waals surface area contributed by atoms with E-state index in [4.69, 9.17) is 16.3 Å². The van der Waals surface area contributed by atoms with Crippen molar-refractivity contribution in [1.82, 2.24) is 10.2 Å². The zero-order valence-corrected chi connectivity index (χ0v) is 16.7. The number of ether oxygens (including phenoxy) is 2. The van der Waals surface area contributed by atoms with Crippen LogP contribution < -0.4 is 4.74 Å². The Morgan fingerprint density at radius 3 is 2.39 bits per heavy atom. The summed E-state index contributed by atoms with van der Waals surface area (Å²) in [5.74, 6) is -0.760. The van der Waals surface area contributed by atoms with Gasteiger partial charge in [0.05, 0.1) is 28.4 Å². The quantitative estimate of drug-likeness (QED) is 0.610. The van der Waals surface area contributed by atoms with Crippen LogP contribution in [-0.2, 0) is 19.4 Å². The number of sulfone groups is 1. The first-order chi connectivity index (χ1) is 13.3. The van der Waals surface area contributed by atoms with Gasteiger partial charge in [-0.1, -0.05) is 23.7 Å². The minimum atomic E-state index is -3.70. The molecule has 3 rings (SSSR count). The Morgan fingerprint density at radius 1 is 1.11 bits per heavy atom. The van der Waals surface area contributed by atoms with E-state index in [-0.39, 0.29) is 4.90 Å². The summed E-state index contributed by atoms with van der Waals surface area (Å²) in [7, 11) is -2.15. The van der Waals surface area contributed by atoms with Crippen LogP contribution in [0.3, 0.4) is 0 Å². The van der Waals surface area contributed by atoms with Crippen molar-refractivity contribution in [2.45, 2.75) is 11.8 Å². The largest absolute Gasteiger partial charge is 0.495 e. The standard InChI is InChI=1S/C19H17ClN2O5S/c1-12(23)27-11-28(24,25)15-6-3-13(4-7-15)17-10-18(22-21-17)14-5-8-19(26-2)16(20)9-14/h3-10H,11H2,1-2H3,(H,21,22). The molecular weight excluding hydrogens is 404 g/mol. The molecule has 146 valence electrons. The van der Waals surface area contributed by atoms with Gasteiger partial charge in [-0.2, -0.15) is 5.10 Å². The third kappa shape index (κ3) is 4.35. The van der Waals surface area contributed by atoms with E-state index in [9.17, 15) is 13.2 Å². The minimum Gasteiger partial charge on any atom is -0.495 e. The molecule has 0 saturated heterocycles. The third-order valence-corrected chi connectivity index (χ3v) is 5.68. The average Bonchev–Trinajstić information content (AvgIpc) is 3.17. The number of rotatable bonds is 6. The van der Waals surface area contributed by atoms with E-state index in [0.29, 0.717) is 22.2 Å². The first-order valence-electron chi connectivity index (χ1n) is 8.16. The van der Waals surface area contributed by atoms with Crippen LogP contribution in [0, 0.1) is 0 Å². The van der Waals surface area contributed by atoms with Gasteiger partial charge in [0.2, 0.25) is 9.84 Å². The Morgan fingerprint density at radius 2 is 1.79 bits per heavy atom. The van der Waals surface area contributed by atoms with Gasteiger partial charge in [-0.25, -0.2) is 8.42 Å². The van der Waals surface area contributed by atoms with Crippen LogP contribution in [0.2, 0.25) is 5.02 Å². The number of nitrogens with one attached hydrogen (secondary N) is 1. The van der Waals surface area contributed by atoms with Crippen molar-refractivity contribution in [2.75, 3.05) is 13.0 Å². The monoisotopic (exact) mass is 420 g/mol. The predicted molar refractivity (Wildman–Crippen MR) is 105 cm³/mol. The van der Waals surface area contributed by atoms with Crippen molar-refractivity contribution in [3.8, 4) is 28.3 Å². The molecule has 0 atom stereocenters. The first-order valence-corrected chi connectivity index (χ1v) is 10.2. The average molecular weight is 421 g/mol. The summed E-state index contributed by atoms with van der Waals surface area (Å²) >= 11 is 6.16. The van der Waals surface area contributed by atoms with E-state index in [1.165, 1.54) is 12.1 Å². The molecule has 1 aromatic heterocycles. The highest BCUT2D eigenvalue weighted by Crippen LogP contribution is 2.31. The molecule has 1 N–H and O–H groups in total. The second-order valence-electron chi connectivity index (χ2n) is 5.91. The molecule has 7 nitrogen and oxygen atoms in total. The molecule has 0 saturated carbocycles. The molecule has 0 aliphatic heterocycles. The number of benzene rings is 2. The van der Waals surface area contributed by atoms with Crippen molar-refractivity contribution in [1.29, 1.82) is 0 Å². The summed E-state index contributed by atoms with van der Waals surface area (Å²) in [5.41, 5.74) is 2.97. The van der Waals surface area contributed by atoms with Crippen LogP contribution in [0.5, 0.6) is 5.75 Å². The van der Waals surface area contributed by atoms with Gasteiger partial charge in [-0.15, -0.1) is 0 Å². The maximum atomic E-state index is 12.1. The Labute approximate surface area is 167 Å². The SMILES string of the molecule is COc1ccc(-c2cc(-c3ccc(S(=O)(=O)COC(C)=O)cc3)[nH]n2)cc1Cl. The summed E-state index contributed by atoms with van der Waals surface area (Å²) in [6, 6.07) is 13.4. The number of hydrogen-bond acceptors (Lipinski definition) is 6. The molecule has 0 spiro atoms. The van der Waals surface area contributed by atoms with Gasteiger partial charge in [-0.05, 0) is 42.0 Å². The van der Waals surface area contributed by atoms with Gasteiger partial charge >= 0.3 is 5.97 Å². The summed E-state index contributed by atoms with van der Waals surface area (Å²) in [6.07, 6.45) is 0. The van der Waals surface area contributed by atoms with Gasteiger partial charge in [0.25, 0.3) is 0 Å². The lowest BCUT2D eigenvalue weighted by Gasteiger charge is -2.05. The van der Waals surface area contributed by atoms with Crippen molar-refractivity contribution < 1.29 is 22.7 Å². The summed E-state index contributed by atoms with van der Waals surface area (Å²) < 4.78 is 34.0. The van der Waals surface area contributed by atoms with Gasteiger partial charge in [0.15, 0.2) is 5.94 Å². The van der Waals surface area contributed by atoms with Crippen molar-refractivity contribution >= 4 is 27.4 Å². The highest BCUT2D eigenvalue weighted by Gasteiger charge is 2.16. The zero-order chi connectivity index (χ0) is 20.3. The maximum Gasteiger partial charge on any atom is 0.303 e. The Balaban J connectivity index is 1.82. The van der Waals surface area contributed by atoms with Gasteiger partial charge < -0.3 is 9.47 Å². The zero-order valence-electron chi connectivity index (χ0n) is 15.1. The summed E-state index contributed by atoms with van der Waals surface area (Å²) in [4.78, 5) is 10.9.